The molecule has 1 heteroatoms. The average Bonchev–Trinajstić information content (AvgIpc) is 2.65. The molecule has 1 aliphatic carbocycles. The Kier molecular flexibility index (Phi) is 5.06. The van der Waals surface area contributed by atoms with Crippen LogP contribution in [0, 0.1) is 0 Å². The Balaban J connectivity index is 1.77. The van der Waals surface area contributed by atoms with Crippen LogP contribution in [0.2, 0.25) is 0 Å². The highest BCUT2D eigenvalue weighted by molar-refractivity contribution is 5.18. The molecule has 1 aliphatic rings. The zero-order chi connectivity index (χ0) is 11.9. The van der Waals surface area contributed by atoms with E-state index in [0.717, 1.165) is 12.6 Å². The quantitative estimate of drug-likeness (QED) is 0.769. The van der Waals surface area contributed by atoms with E-state index in [4.69, 9.17) is 0 Å². The molecule has 1 N–H and O–H groups in total. The Bertz CT molecular complexity index is 299. The van der Waals surface area contributed by atoms with E-state index in [0.29, 0.717) is 5.92 Å². The molecule has 2 rings (SSSR count). The lowest BCUT2D eigenvalue weighted by Gasteiger charge is -2.19. The van der Waals surface area contributed by atoms with Crippen molar-refractivity contribution >= 4 is 0 Å². The molecular weight excluding hydrogens is 206 g/mol. The minimum absolute atomic E-state index is 0.624. The van der Waals surface area contributed by atoms with Gasteiger partial charge >= 0.3 is 0 Å². The Morgan fingerprint density at radius 3 is 2.35 bits per heavy atom. The van der Waals surface area contributed by atoms with Crippen LogP contribution >= 0.6 is 0 Å². The molecule has 0 heterocycles. The molecule has 1 fully saturated rings. The number of hydrogen-bond acceptors (Lipinski definition) is 1. The van der Waals surface area contributed by atoms with Crippen LogP contribution in [-0.4, -0.2) is 12.6 Å². The zero-order valence-electron chi connectivity index (χ0n) is 11.0. The average molecular weight is 231 g/mol. The van der Waals surface area contributed by atoms with Gasteiger partial charge in [0.05, 0.1) is 0 Å². The maximum Gasteiger partial charge on any atom is 0.00673 e. The fourth-order valence-electron chi connectivity index (χ4n) is 2.73. The van der Waals surface area contributed by atoms with Gasteiger partial charge in [0, 0.05) is 12.6 Å². The van der Waals surface area contributed by atoms with Crippen LogP contribution in [0.3, 0.4) is 0 Å². The summed E-state index contributed by atoms with van der Waals surface area (Å²) in [4.78, 5) is 0. The summed E-state index contributed by atoms with van der Waals surface area (Å²) in [5.41, 5.74) is 1.45. The Morgan fingerprint density at radius 1 is 1.06 bits per heavy atom. The Hall–Kier alpha value is -0.820. The van der Waals surface area contributed by atoms with Crippen LogP contribution in [0.4, 0.5) is 0 Å². The molecule has 0 saturated heterocycles. The van der Waals surface area contributed by atoms with E-state index in [9.17, 15) is 0 Å². The highest BCUT2D eigenvalue weighted by atomic mass is 14.9. The van der Waals surface area contributed by atoms with Gasteiger partial charge in [0.25, 0.3) is 0 Å². The fourth-order valence-corrected chi connectivity index (χ4v) is 2.73. The van der Waals surface area contributed by atoms with Crippen LogP contribution in [0.25, 0.3) is 0 Å². The molecule has 1 nitrogen and oxygen atoms in total. The molecule has 94 valence electrons. The molecule has 0 unspecified atom stereocenters. The molecule has 0 aromatic heterocycles. The van der Waals surface area contributed by atoms with Crippen LogP contribution in [-0.2, 0) is 0 Å². The maximum atomic E-state index is 3.76. The largest absolute Gasteiger partial charge is 0.313 e. The molecular formula is C16H25N. The summed E-state index contributed by atoms with van der Waals surface area (Å²) in [5.74, 6) is 0.624. The molecule has 0 radical (unpaired) electrons. The van der Waals surface area contributed by atoms with Gasteiger partial charge in [0.1, 0.15) is 0 Å². The van der Waals surface area contributed by atoms with Gasteiger partial charge in [0.2, 0.25) is 0 Å². The summed E-state index contributed by atoms with van der Waals surface area (Å²) >= 11 is 0. The van der Waals surface area contributed by atoms with Gasteiger partial charge in [-0.15, -0.1) is 0 Å². The molecule has 1 saturated carbocycles. The van der Waals surface area contributed by atoms with Crippen molar-refractivity contribution in [2.45, 2.75) is 57.4 Å². The lowest BCUT2D eigenvalue weighted by Crippen LogP contribution is -2.31. The second kappa shape index (κ2) is 6.80. The minimum atomic E-state index is 0.624. The van der Waals surface area contributed by atoms with Crippen molar-refractivity contribution in [2.75, 3.05) is 6.54 Å². The van der Waals surface area contributed by atoms with E-state index >= 15 is 0 Å². The second-order valence-electron chi connectivity index (χ2n) is 5.41. The smallest absolute Gasteiger partial charge is 0.00673 e. The third-order valence-corrected chi connectivity index (χ3v) is 3.94. The predicted octanol–water partition coefficient (Wildman–Crippen LogP) is 4.10. The van der Waals surface area contributed by atoms with E-state index in [1.54, 1.807) is 0 Å². The van der Waals surface area contributed by atoms with Crippen molar-refractivity contribution in [1.82, 2.24) is 5.32 Å². The standard InChI is InChI=1S/C16H25N/c1-14(15-9-5-4-6-10-15)13-17-16-11-7-2-3-8-12-16/h4-6,9-10,14,16-17H,2-3,7-8,11-13H2,1H3/t14-/m0/s1. The van der Waals surface area contributed by atoms with Crippen molar-refractivity contribution < 1.29 is 0 Å². The van der Waals surface area contributed by atoms with Gasteiger partial charge in [-0.05, 0) is 24.3 Å². The number of hydrogen-bond donors (Lipinski definition) is 1. The van der Waals surface area contributed by atoms with Crippen molar-refractivity contribution in [3.8, 4) is 0 Å². The van der Waals surface area contributed by atoms with E-state index in [-0.39, 0.29) is 0 Å². The van der Waals surface area contributed by atoms with Crippen LogP contribution in [0.1, 0.15) is 56.9 Å². The van der Waals surface area contributed by atoms with Crippen molar-refractivity contribution in [3.63, 3.8) is 0 Å². The first-order chi connectivity index (χ1) is 8.36. The SMILES string of the molecule is C[C@@H](CNC1CCCCCC1)c1ccccc1. The summed E-state index contributed by atoms with van der Waals surface area (Å²) in [6.45, 7) is 3.44. The number of benzene rings is 1. The first-order valence-electron chi connectivity index (χ1n) is 7.14. The summed E-state index contributed by atoms with van der Waals surface area (Å²) in [6, 6.07) is 11.6. The molecule has 0 aliphatic heterocycles. The highest BCUT2D eigenvalue weighted by Gasteiger charge is 2.13. The third kappa shape index (κ3) is 4.16. The van der Waals surface area contributed by atoms with Gasteiger partial charge in [-0.3, -0.25) is 0 Å². The molecule has 1 aromatic carbocycles. The summed E-state index contributed by atoms with van der Waals surface area (Å²) < 4.78 is 0. The monoisotopic (exact) mass is 231 g/mol. The zero-order valence-corrected chi connectivity index (χ0v) is 11.0. The van der Waals surface area contributed by atoms with Crippen LogP contribution < -0.4 is 5.32 Å². The van der Waals surface area contributed by atoms with E-state index in [2.05, 4.69) is 42.6 Å². The molecule has 0 bridgehead atoms. The van der Waals surface area contributed by atoms with Gasteiger partial charge in [-0.25, -0.2) is 0 Å². The van der Waals surface area contributed by atoms with Gasteiger partial charge < -0.3 is 5.32 Å². The van der Waals surface area contributed by atoms with E-state index in [1.807, 2.05) is 0 Å². The maximum absolute atomic E-state index is 3.76. The Morgan fingerprint density at radius 2 is 1.71 bits per heavy atom. The fraction of sp³-hybridized carbons (Fsp3) is 0.625. The van der Waals surface area contributed by atoms with Gasteiger partial charge in [-0.2, -0.15) is 0 Å². The molecule has 0 spiro atoms. The Labute approximate surface area is 106 Å². The number of nitrogens with one attached hydrogen (secondary N) is 1. The highest BCUT2D eigenvalue weighted by Crippen LogP contribution is 2.19. The van der Waals surface area contributed by atoms with Crippen molar-refractivity contribution in [3.05, 3.63) is 35.9 Å². The van der Waals surface area contributed by atoms with E-state index < -0.39 is 0 Å². The van der Waals surface area contributed by atoms with E-state index in [1.165, 1.54) is 44.1 Å². The minimum Gasteiger partial charge on any atom is -0.313 e. The van der Waals surface area contributed by atoms with Crippen LogP contribution in [0.15, 0.2) is 30.3 Å². The second-order valence-corrected chi connectivity index (χ2v) is 5.41. The van der Waals surface area contributed by atoms with Crippen LogP contribution in [0.5, 0.6) is 0 Å². The lowest BCUT2D eigenvalue weighted by atomic mass is 10.0. The van der Waals surface area contributed by atoms with Crippen molar-refractivity contribution in [1.29, 1.82) is 0 Å². The lowest BCUT2D eigenvalue weighted by molar-refractivity contribution is 0.446. The summed E-state index contributed by atoms with van der Waals surface area (Å²) in [7, 11) is 0. The van der Waals surface area contributed by atoms with Gasteiger partial charge in [-0.1, -0.05) is 62.9 Å². The predicted molar refractivity (Wildman–Crippen MR) is 74.3 cm³/mol. The normalized spacial score (nSPS) is 19.8. The summed E-state index contributed by atoms with van der Waals surface area (Å²) in [6.07, 6.45) is 8.45. The molecule has 1 aromatic rings. The molecule has 1 atom stereocenters. The third-order valence-electron chi connectivity index (χ3n) is 3.94. The molecule has 17 heavy (non-hydrogen) atoms. The first kappa shape index (κ1) is 12.6. The first-order valence-corrected chi connectivity index (χ1v) is 7.14. The van der Waals surface area contributed by atoms with Crippen molar-refractivity contribution in [2.24, 2.45) is 0 Å². The topological polar surface area (TPSA) is 12.0 Å². The number of rotatable bonds is 4. The summed E-state index contributed by atoms with van der Waals surface area (Å²) in [5, 5.41) is 3.76. The van der Waals surface area contributed by atoms with Gasteiger partial charge in [0.15, 0.2) is 0 Å². The molecule has 0 amide bonds.